The van der Waals surface area contributed by atoms with Gasteiger partial charge in [0.2, 0.25) is 0 Å². The van der Waals surface area contributed by atoms with Crippen molar-refractivity contribution in [1.82, 2.24) is 15.5 Å². The summed E-state index contributed by atoms with van der Waals surface area (Å²) >= 11 is 0. The van der Waals surface area contributed by atoms with Crippen molar-refractivity contribution in [3.63, 3.8) is 0 Å². The monoisotopic (exact) mass is 380 g/mol. The number of likely N-dealkylation sites (tertiary alicyclic amines) is 1. The van der Waals surface area contributed by atoms with Gasteiger partial charge >= 0.3 is 0 Å². The summed E-state index contributed by atoms with van der Waals surface area (Å²) in [6.45, 7) is 3.51. The molecule has 4 nitrogen and oxygen atoms in total. The molecule has 1 saturated carbocycles. The van der Waals surface area contributed by atoms with Crippen molar-refractivity contribution in [1.29, 1.82) is 0 Å². The first-order valence-corrected chi connectivity index (χ1v) is 7.43. The first-order chi connectivity index (χ1) is 8.78. The zero-order valence-corrected chi connectivity index (χ0v) is 14.7. The molecular weight excluding hydrogens is 351 g/mol. The maximum Gasteiger partial charge on any atom is 0.191 e. The number of nitrogens with one attached hydrogen (secondary N) is 2. The zero-order valence-electron chi connectivity index (χ0n) is 12.3. The number of nitrogens with zero attached hydrogens (tertiary/aromatic N) is 2. The summed E-state index contributed by atoms with van der Waals surface area (Å²) in [7, 11) is 4.08. The van der Waals surface area contributed by atoms with Crippen LogP contribution in [0, 0.1) is 5.92 Å². The normalized spacial score (nSPS) is 26.0. The van der Waals surface area contributed by atoms with Crippen LogP contribution in [0.4, 0.5) is 0 Å². The van der Waals surface area contributed by atoms with Gasteiger partial charge in [0.15, 0.2) is 5.96 Å². The van der Waals surface area contributed by atoms with Crippen molar-refractivity contribution < 1.29 is 0 Å². The molecule has 2 rings (SSSR count). The third kappa shape index (κ3) is 5.85. The first kappa shape index (κ1) is 17.0. The van der Waals surface area contributed by atoms with E-state index in [1.54, 1.807) is 0 Å². The van der Waals surface area contributed by atoms with Gasteiger partial charge in [0.05, 0.1) is 0 Å². The molecule has 0 aromatic rings. The highest BCUT2D eigenvalue weighted by atomic mass is 127. The molecule has 1 heterocycles. The Morgan fingerprint density at radius 3 is 2.53 bits per heavy atom. The van der Waals surface area contributed by atoms with Crippen LogP contribution in [0.25, 0.3) is 0 Å². The quantitative estimate of drug-likeness (QED) is 0.447. The Hall–Kier alpha value is -0.0400. The van der Waals surface area contributed by atoms with E-state index in [4.69, 9.17) is 0 Å². The fourth-order valence-corrected chi connectivity index (χ4v) is 3.07. The predicted molar refractivity (Wildman–Crippen MR) is 92.4 cm³/mol. The van der Waals surface area contributed by atoms with E-state index in [-0.39, 0.29) is 24.0 Å². The second kappa shape index (κ2) is 9.00. The number of aliphatic imine (C=N–C) groups is 1. The van der Waals surface area contributed by atoms with Gasteiger partial charge in [-0.2, -0.15) is 0 Å². The third-order valence-electron chi connectivity index (χ3n) is 4.22. The summed E-state index contributed by atoms with van der Waals surface area (Å²) in [6, 6.07) is 0.635. The number of rotatable bonds is 3. The van der Waals surface area contributed by atoms with Crippen molar-refractivity contribution in [2.24, 2.45) is 10.9 Å². The summed E-state index contributed by atoms with van der Waals surface area (Å²) in [5.74, 6) is 1.77. The molecule has 1 unspecified atom stereocenters. The van der Waals surface area contributed by atoms with Gasteiger partial charge in [0, 0.05) is 26.2 Å². The van der Waals surface area contributed by atoms with Crippen LogP contribution in [0.15, 0.2) is 4.99 Å². The summed E-state index contributed by atoms with van der Waals surface area (Å²) in [6.07, 6.45) is 8.03. The van der Waals surface area contributed by atoms with Crippen molar-refractivity contribution >= 4 is 29.9 Å². The van der Waals surface area contributed by atoms with E-state index in [0.29, 0.717) is 6.04 Å². The predicted octanol–water partition coefficient (Wildman–Crippen LogP) is 2.05. The number of hydrogen-bond donors (Lipinski definition) is 2. The molecule has 2 fully saturated rings. The lowest BCUT2D eigenvalue weighted by atomic mass is 9.96. The maximum absolute atomic E-state index is 4.34. The second-order valence-corrected chi connectivity index (χ2v) is 5.85. The molecule has 1 aliphatic heterocycles. The summed E-state index contributed by atoms with van der Waals surface area (Å²) in [5, 5.41) is 7.06. The van der Waals surface area contributed by atoms with Crippen molar-refractivity contribution in [2.75, 3.05) is 33.7 Å². The highest BCUT2D eigenvalue weighted by Crippen LogP contribution is 2.17. The summed E-state index contributed by atoms with van der Waals surface area (Å²) < 4.78 is 0. The Kier molecular flexibility index (Phi) is 8.06. The summed E-state index contributed by atoms with van der Waals surface area (Å²) in [5.41, 5.74) is 0. The van der Waals surface area contributed by atoms with E-state index < -0.39 is 0 Å². The topological polar surface area (TPSA) is 39.7 Å². The van der Waals surface area contributed by atoms with Gasteiger partial charge < -0.3 is 15.5 Å². The van der Waals surface area contributed by atoms with Crippen LogP contribution >= 0.6 is 24.0 Å². The van der Waals surface area contributed by atoms with Gasteiger partial charge in [-0.1, -0.05) is 19.3 Å². The number of guanidine groups is 1. The Morgan fingerprint density at radius 1 is 1.21 bits per heavy atom. The summed E-state index contributed by atoms with van der Waals surface area (Å²) in [4.78, 5) is 6.75. The van der Waals surface area contributed by atoms with Gasteiger partial charge in [0.25, 0.3) is 0 Å². The highest BCUT2D eigenvalue weighted by molar-refractivity contribution is 14.0. The van der Waals surface area contributed by atoms with Crippen molar-refractivity contribution in [3.8, 4) is 0 Å². The van der Waals surface area contributed by atoms with Gasteiger partial charge in [-0.3, -0.25) is 4.99 Å². The molecule has 0 bridgehead atoms. The van der Waals surface area contributed by atoms with Crippen LogP contribution in [0.5, 0.6) is 0 Å². The average Bonchev–Trinajstić information content (AvgIpc) is 2.81. The van der Waals surface area contributed by atoms with Crippen LogP contribution in [0.3, 0.4) is 0 Å². The smallest absolute Gasteiger partial charge is 0.191 e. The molecule has 0 aromatic heterocycles. The molecule has 1 saturated heterocycles. The Morgan fingerprint density at radius 2 is 1.95 bits per heavy atom. The molecule has 5 heteroatoms. The van der Waals surface area contributed by atoms with E-state index in [1.807, 2.05) is 7.05 Å². The SMILES string of the molecule is CN=C(NCC1CCN(C)C1)NC1CCCCC1.I. The van der Waals surface area contributed by atoms with Crippen LogP contribution in [0.2, 0.25) is 0 Å². The maximum atomic E-state index is 4.34. The Balaban J connectivity index is 0.00000180. The number of halogens is 1. The van der Waals surface area contributed by atoms with Gasteiger partial charge in [-0.25, -0.2) is 0 Å². The van der Waals surface area contributed by atoms with Crippen LogP contribution in [0.1, 0.15) is 38.5 Å². The fourth-order valence-electron chi connectivity index (χ4n) is 3.07. The average molecular weight is 380 g/mol. The molecule has 1 atom stereocenters. The third-order valence-corrected chi connectivity index (χ3v) is 4.22. The minimum atomic E-state index is 0. The highest BCUT2D eigenvalue weighted by Gasteiger charge is 2.20. The molecule has 0 spiro atoms. The van der Waals surface area contributed by atoms with Crippen LogP contribution in [-0.4, -0.2) is 50.6 Å². The van der Waals surface area contributed by atoms with E-state index >= 15 is 0 Å². The molecule has 1 aliphatic carbocycles. The van der Waals surface area contributed by atoms with Gasteiger partial charge in [-0.15, -0.1) is 24.0 Å². The Labute approximate surface area is 134 Å². The van der Waals surface area contributed by atoms with E-state index in [1.165, 1.54) is 51.6 Å². The molecule has 2 N–H and O–H groups in total. The fraction of sp³-hybridized carbons (Fsp3) is 0.929. The molecule has 19 heavy (non-hydrogen) atoms. The lowest BCUT2D eigenvalue weighted by molar-refractivity contribution is 0.390. The first-order valence-electron chi connectivity index (χ1n) is 7.43. The zero-order chi connectivity index (χ0) is 12.8. The van der Waals surface area contributed by atoms with Crippen molar-refractivity contribution in [2.45, 2.75) is 44.6 Å². The molecule has 0 amide bonds. The standard InChI is InChI=1S/C14H28N4.HI/c1-15-14(17-13-6-4-3-5-7-13)16-10-12-8-9-18(2)11-12;/h12-13H,3-11H2,1-2H3,(H2,15,16,17);1H. The minimum absolute atomic E-state index is 0. The van der Waals surface area contributed by atoms with Gasteiger partial charge in [0.1, 0.15) is 0 Å². The second-order valence-electron chi connectivity index (χ2n) is 5.85. The van der Waals surface area contributed by atoms with Crippen molar-refractivity contribution in [3.05, 3.63) is 0 Å². The van der Waals surface area contributed by atoms with E-state index in [0.717, 1.165) is 18.4 Å². The molecule has 0 aromatic carbocycles. The minimum Gasteiger partial charge on any atom is -0.356 e. The van der Waals surface area contributed by atoms with E-state index in [9.17, 15) is 0 Å². The Bertz CT molecular complexity index is 277. The van der Waals surface area contributed by atoms with Crippen LogP contribution < -0.4 is 10.6 Å². The molecule has 112 valence electrons. The lowest BCUT2D eigenvalue weighted by Crippen LogP contribution is -2.45. The van der Waals surface area contributed by atoms with E-state index in [2.05, 4.69) is 27.6 Å². The number of hydrogen-bond acceptors (Lipinski definition) is 2. The lowest BCUT2D eigenvalue weighted by Gasteiger charge is -2.25. The van der Waals surface area contributed by atoms with Crippen LogP contribution in [-0.2, 0) is 0 Å². The molecule has 0 radical (unpaired) electrons. The molecule has 2 aliphatic rings. The largest absolute Gasteiger partial charge is 0.356 e. The molecular formula is C14H29IN4. The van der Waals surface area contributed by atoms with Gasteiger partial charge in [-0.05, 0) is 38.8 Å².